The van der Waals surface area contributed by atoms with Gasteiger partial charge < -0.3 is 10.2 Å². The minimum Gasteiger partial charge on any atom is -0.342 e. The third-order valence-electron chi connectivity index (χ3n) is 4.24. The summed E-state index contributed by atoms with van der Waals surface area (Å²) in [7, 11) is 0. The van der Waals surface area contributed by atoms with Crippen LogP contribution in [0.3, 0.4) is 0 Å². The van der Waals surface area contributed by atoms with Gasteiger partial charge in [0.25, 0.3) is 0 Å². The normalized spacial score (nSPS) is 16.3. The maximum absolute atomic E-state index is 12.3. The molecule has 0 aliphatic carbocycles. The highest BCUT2D eigenvalue weighted by molar-refractivity contribution is 5.92. The van der Waals surface area contributed by atoms with Crippen LogP contribution in [-0.2, 0) is 9.59 Å². The quantitative estimate of drug-likeness (QED) is 0.927. The van der Waals surface area contributed by atoms with Crippen molar-refractivity contribution in [2.45, 2.75) is 33.1 Å². The van der Waals surface area contributed by atoms with Crippen molar-refractivity contribution in [3.05, 3.63) is 29.8 Å². The highest BCUT2D eigenvalue weighted by Gasteiger charge is 2.18. The van der Waals surface area contributed by atoms with Crippen LogP contribution in [0.4, 0.5) is 5.69 Å². The van der Waals surface area contributed by atoms with Crippen molar-refractivity contribution in [2.75, 3.05) is 38.0 Å². The van der Waals surface area contributed by atoms with Crippen LogP contribution < -0.4 is 5.32 Å². The van der Waals surface area contributed by atoms with E-state index in [1.807, 2.05) is 23.1 Å². The van der Waals surface area contributed by atoms with Crippen LogP contribution in [0.1, 0.15) is 38.7 Å². The van der Waals surface area contributed by atoms with E-state index in [4.69, 9.17) is 0 Å². The Hall–Kier alpha value is -1.88. The molecule has 1 aliphatic heterocycles. The van der Waals surface area contributed by atoms with Gasteiger partial charge in [-0.3, -0.25) is 14.5 Å². The number of anilines is 1. The Labute approximate surface area is 138 Å². The number of nitrogens with one attached hydrogen (secondary N) is 1. The molecule has 1 aliphatic rings. The van der Waals surface area contributed by atoms with Gasteiger partial charge in [0.2, 0.25) is 11.8 Å². The second kappa shape index (κ2) is 8.11. The molecule has 23 heavy (non-hydrogen) atoms. The number of hydrogen-bond acceptors (Lipinski definition) is 3. The van der Waals surface area contributed by atoms with Gasteiger partial charge in [-0.25, -0.2) is 0 Å². The Kier molecular flexibility index (Phi) is 6.16. The average molecular weight is 317 g/mol. The zero-order valence-electron chi connectivity index (χ0n) is 14.3. The summed E-state index contributed by atoms with van der Waals surface area (Å²) in [5.74, 6) is 0.555. The third-order valence-corrected chi connectivity index (χ3v) is 4.24. The highest BCUT2D eigenvalue weighted by Crippen LogP contribution is 2.18. The summed E-state index contributed by atoms with van der Waals surface area (Å²) in [5.41, 5.74) is 2.07. The standard InChI is InChI=1S/C18H27N3O2/c1-14(2)16-6-4-7-17(12-16)19-18(23)13-20-8-5-9-21(11-10-20)15(3)22/h4,6-7,12,14H,5,8-11,13H2,1-3H3,(H,19,23). The number of hydrogen-bond donors (Lipinski definition) is 1. The van der Waals surface area contributed by atoms with Gasteiger partial charge in [0.15, 0.2) is 0 Å². The van der Waals surface area contributed by atoms with Crippen LogP contribution in [0.5, 0.6) is 0 Å². The van der Waals surface area contributed by atoms with Gasteiger partial charge in [0, 0.05) is 38.8 Å². The molecular formula is C18H27N3O2. The molecule has 0 saturated carbocycles. The molecule has 0 aromatic heterocycles. The third kappa shape index (κ3) is 5.36. The summed E-state index contributed by atoms with van der Waals surface area (Å²) in [6.45, 7) is 9.33. The van der Waals surface area contributed by atoms with Crippen molar-refractivity contribution < 1.29 is 9.59 Å². The minimum atomic E-state index is 0.00202. The number of benzene rings is 1. The van der Waals surface area contributed by atoms with Crippen LogP contribution in [-0.4, -0.2) is 54.3 Å². The molecule has 1 fully saturated rings. The Balaban J connectivity index is 1.87. The van der Waals surface area contributed by atoms with Crippen LogP contribution >= 0.6 is 0 Å². The lowest BCUT2D eigenvalue weighted by molar-refractivity contribution is -0.128. The first-order valence-corrected chi connectivity index (χ1v) is 8.33. The zero-order valence-corrected chi connectivity index (χ0v) is 14.3. The predicted molar refractivity (Wildman–Crippen MR) is 92.5 cm³/mol. The van der Waals surface area contributed by atoms with Gasteiger partial charge in [-0.1, -0.05) is 26.0 Å². The minimum absolute atomic E-state index is 0.00202. The SMILES string of the molecule is CC(=O)N1CCCN(CC(=O)Nc2cccc(C(C)C)c2)CC1. The molecule has 126 valence electrons. The molecule has 0 unspecified atom stereocenters. The summed E-state index contributed by atoms with van der Waals surface area (Å²) in [5, 5.41) is 2.98. The average Bonchev–Trinajstić information content (AvgIpc) is 2.73. The lowest BCUT2D eigenvalue weighted by Crippen LogP contribution is -2.37. The largest absolute Gasteiger partial charge is 0.342 e. The van der Waals surface area contributed by atoms with E-state index >= 15 is 0 Å². The van der Waals surface area contributed by atoms with Gasteiger partial charge in [0.1, 0.15) is 0 Å². The Morgan fingerprint density at radius 2 is 1.96 bits per heavy atom. The van der Waals surface area contributed by atoms with E-state index in [1.54, 1.807) is 6.92 Å². The molecule has 2 amide bonds. The molecule has 0 atom stereocenters. The van der Waals surface area contributed by atoms with E-state index in [0.29, 0.717) is 19.0 Å². The maximum atomic E-state index is 12.3. The number of carbonyl (C=O) groups is 2. The zero-order chi connectivity index (χ0) is 16.8. The number of nitrogens with zero attached hydrogens (tertiary/aromatic N) is 2. The lowest BCUT2D eigenvalue weighted by Gasteiger charge is -2.20. The first kappa shape index (κ1) is 17.5. The molecule has 1 saturated heterocycles. The predicted octanol–water partition coefficient (Wildman–Crippen LogP) is 2.30. The van der Waals surface area contributed by atoms with Gasteiger partial charge in [0.05, 0.1) is 6.54 Å². The van der Waals surface area contributed by atoms with Crippen molar-refractivity contribution in [1.29, 1.82) is 0 Å². The summed E-state index contributed by atoms with van der Waals surface area (Å²) in [6.07, 6.45) is 0.912. The number of carbonyl (C=O) groups excluding carboxylic acids is 2. The van der Waals surface area contributed by atoms with Gasteiger partial charge in [-0.05, 0) is 30.0 Å². The van der Waals surface area contributed by atoms with Crippen LogP contribution in [0.2, 0.25) is 0 Å². The van der Waals surface area contributed by atoms with E-state index in [-0.39, 0.29) is 11.8 Å². The van der Waals surface area contributed by atoms with Crippen molar-refractivity contribution in [3.63, 3.8) is 0 Å². The van der Waals surface area contributed by atoms with Crippen molar-refractivity contribution in [3.8, 4) is 0 Å². The summed E-state index contributed by atoms with van der Waals surface area (Å²) in [6, 6.07) is 8.00. The fraction of sp³-hybridized carbons (Fsp3) is 0.556. The van der Waals surface area contributed by atoms with Crippen LogP contribution in [0.25, 0.3) is 0 Å². The Bertz CT molecular complexity index is 557. The molecule has 1 heterocycles. The molecule has 0 radical (unpaired) electrons. The molecule has 0 spiro atoms. The van der Waals surface area contributed by atoms with Crippen LogP contribution in [0, 0.1) is 0 Å². The highest BCUT2D eigenvalue weighted by atomic mass is 16.2. The first-order valence-electron chi connectivity index (χ1n) is 8.33. The maximum Gasteiger partial charge on any atom is 0.238 e. The molecule has 5 heteroatoms. The fourth-order valence-electron chi connectivity index (χ4n) is 2.82. The monoisotopic (exact) mass is 317 g/mol. The van der Waals surface area contributed by atoms with Crippen molar-refractivity contribution in [2.24, 2.45) is 0 Å². The van der Waals surface area contributed by atoms with Gasteiger partial charge in [-0.15, -0.1) is 0 Å². The van der Waals surface area contributed by atoms with E-state index in [1.165, 1.54) is 5.56 Å². The lowest BCUT2D eigenvalue weighted by atomic mass is 10.0. The van der Waals surface area contributed by atoms with Crippen molar-refractivity contribution >= 4 is 17.5 Å². The molecule has 2 rings (SSSR count). The molecular weight excluding hydrogens is 290 g/mol. The first-order chi connectivity index (χ1) is 11.0. The molecule has 0 bridgehead atoms. The molecule has 1 aromatic rings. The Morgan fingerprint density at radius 3 is 2.65 bits per heavy atom. The molecule has 1 aromatic carbocycles. The van der Waals surface area contributed by atoms with Crippen LogP contribution in [0.15, 0.2) is 24.3 Å². The molecule has 5 nitrogen and oxygen atoms in total. The van der Waals surface area contributed by atoms with E-state index in [0.717, 1.165) is 31.7 Å². The van der Waals surface area contributed by atoms with Crippen molar-refractivity contribution in [1.82, 2.24) is 9.80 Å². The Morgan fingerprint density at radius 1 is 1.17 bits per heavy atom. The fourth-order valence-corrected chi connectivity index (χ4v) is 2.82. The summed E-state index contributed by atoms with van der Waals surface area (Å²) in [4.78, 5) is 27.7. The second-order valence-corrected chi connectivity index (χ2v) is 6.46. The topological polar surface area (TPSA) is 52.7 Å². The summed E-state index contributed by atoms with van der Waals surface area (Å²) >= 11 is 0. The second-order valence-electron chi connectivity index (χ2n) is 6.46. The van der Waals surface area contributed by atoms with Gasteiger partial charge >= 0.3 is 0 Å². The van der Waals surface area contributed by atoms with E-state index < -0.39 is 0 Å². The molecule has 1 N–H and O–H groups in total. The van der Waals surface area contributed by atoms with E-state index in [2.05, 4.69) is 30.1 Å². The number of rotatable bonds is 4. The smallest absolute Gasteiger partial charge is 0.238 e. The summed E-state index contributed by atoms with van der Waals surface area (Å²) < 4.78 is 0. The number of amides is 2. The van der Waals surface area contributed by atoms with Gasteiger partial charge in [-0.2, -0.15) is 0 Å². The van der Waals surface area contributed by atoms with E-state index in [9.17, 15) is 9.59 Å².